The monoisotopic (exact) mass is 411 g/mol. The van der Waals surface area contributed by atoms with Crippen molar-refractivity contribution in [3.63, 3.8) is 0 Å². The zero-order valence-electron chi connectivity index (χ0n) is 16.4. The van der Waals surface area contributed by atoms with Crippen molar-refractivity contribution in [2.45, 2.75) is 44.1 Å². The summed E-state index contributed by atoms with van der Waals surface area (Å²) in [6, 6.07) is 10.2. The van der Waals surface area contributed by atoms with E-state index in [-0.39, 0.29) is 22.6 Å². The second kappa shape index (κ2) is 7.99. The molecule has 156 valence electrons. The number of halogens is 2. The number of aromatic amines is 1. The summed E-state index contributed by atoms with van der Waals surface area (Å²) in [5.74, 6) is -1.93. The number of anilines is 1. The first-order valence-electron chi connectivity index (χ1n) is 10.0. The Morgan fingerprint density at radius 3 is 2.67 bits per heavy atom. The number of nitrogen functional groups attached to an aromatic ring is 1. The maximum Gasteiger partial charge on any atom is 0.199 e. The molecule has 4 rings (SSSR count). The highest BCUT2D eigenvalue weighted by molar-refractivity contribution is 6.15. The molecule has 1 aliphatic carbocycles. The summed E-state index contributed by atoms with van der Waals surface area (Å²) in [4.78, 5) is 13.2. The van der Waals surface area contributed by atoms with Gasteiger partial charge >= 0.3 is 0 Å². The highest BCUT2D eigenvalue weighted by Gasteiger charge is 2.30. The van der Waals surface area contributed by atoms with Gasteiger partial charge in [0.15, 0.2) is 5.78 Å². The van der Waals surface area contributed by atoms with Crippen molar-refractivity contribution in [3.05, 3.63) is 70.8 Å². The summed E-state index contributed by atoms with van der Waals surface area (Å²) in [7, 11) is 0. The highest BCUT2D eigenvalue weighted by atomic mass is 19.1. The predicted octanol–water partition coefficient (Wildman–Crippen LogP) is 4.41. The van der Waals surface area contributed by atoms with E-state index < -0.39 is 23.0 Å². The van der Waals surface area contributed by atoms with Crippen molar-refractivity contribution >= 4 is 11.6 Å². The van der Waals surface area contributed by atoms with E-state index in [1.54, 1.807) is 18.2 Å². The number of hydrogen-bond acceptors (Lipinski definition) is 4. The van der Waals surface area contributed by atoms with E-state index in [0.29, 0.717) is 18.4 Å². The van der Waals surface area contributed by atoms with Crippen LogP contribution in [-0.4, -0.2) is 26.7 Å². The molecule has 1 heterocycles. The van der Waals surface area contributed by atoms with Gasteiger partial charge < -0.3 is 10.8 Å². The number of H-pyrrole nitrogens is 1. The number of aryl methyl sites for hydroxylation is 1. The maximum atomic E-state index is 14.3. The molecule has 1 aliphatic rings. The summed E-state index contributed by atoms with van der Waals surface area (Å²) in [5.41, 5.74) is 6.71. The molecule has 0 unspecified atom stereocenters. The SMILES string of the molecule is Nc1[nH]nc(-c2ccc(F)cc2F)c1C(=O)c1cccc(CCC2(O)CCCC2)c1. The Hall–Kier alpha value is -3.06. The molecule has 0 saturated heterocycles. The summed E-state index contributed by atoms with van der Waals surface area (Å²) in [6.45, 7) is 0. The first kappa shape index (κ1) is 20.2. The summed E-state index contributed by atoms with van der Waals surface area (Å²) in [5, 5.41) is 17.1. The molecule has 0 radical (unpaired) electrons. The first-order chi connectivity index (χ1) is 14.4. The third-order valence-corrected chi connectivity index (χ3v) is 5.81. The number of aliphatic hydroxyl groups is 1. The van der Waals surface area contributed by atoms with Crippen LogP contribution in [0.25, 0.3) is 11.3 Å². The van der Waals surface area contributed by atoms with Gasteiger partial charge in [-0.15, -0.1) is 0 Å². The van der Waals surface area contributed by atoms with Crippen molar-refractivity contribution in [3.8, 4) is 11.3 Å². The van der Waals surface area contributed by atoms with E-state index in [1.165, 1.54) is 6.07 Å². The van der Waals surface area contributed by atoms with E-state index in [2.05, 4.69) is 10.2 Å². The van der Waals surface area contributed by atoms with Crippen LogP contribution in [0.5, 0.6) is 0 Å². The molecular weight excluding hydrogens is 388 g/mol. The van der Waals surface area contributed by atoms with Crippen LogP contribution in [0.2, 0.25) is 0 Å². The maximum absolute atomic E-state index is 14.3. The van der Waals surface area contributed by atoms with Crippen LogP contribution in [-0.2, 0) is 6.42 Å². The van der Waals surface area contributed by atoms with Gasteiger partial charge in [-0.1, -0.05) is 31.0 Å². The molecule has 1 saturated carbocycles. The molecule has 4 N–H and O–H groups in total. The van der Waals surface area contributed by atoms with Gasteiger partial charge in [0.1, 0.15) is 23.1 Å². The normalized spacial score (nSPS) is 15.4. The van der Waals surface area contributed by atoms with Crippen molar-refractivity contribution in [1.29, 1.82) is 0 Å². The van der Waals surface area contributed by atoms with Crippen molar-refractivity contribution in [2.75, 3.05) is 5.73 Å². The number of nitrogens with zero attached hydrogens (tertiary/aromatic N) is 1. The predicted molar refractivity (Wildman–Crippen MR) is 110 cm³/mol. The Balaban J connectivity index is 1.62. The Morgan fingerprint density at radius 1 is 1.17 bits per heavy atom. The first-order valence-corrected chi connectivity index (χ1v) is 10.0. The highest BCUT2D eigenvalue weighted by Crippen LogP contribution is 2.34. The van der Waals surface area contributed by atoms with Crippen molar-refractivity contribution in [2.24, 2.45) is 0 Å². The number of ketones is 1. The molecule has 7 heteroatoms. The molecule has 3 aromatic rings. The zero-order chi connectivity index (χ0) is 21.3. The van der Waals surface area contributed by atoms with Crippen LogP contribution in [0.15, 0.2) is 42.5 Å². The zero-order valence-corrected chi connectivity index (χ0v) is 16.4. The fraction of sp³-hybridized carbons (Fsp3) is 0.304. The van der Waals surface area contributed by atoms with Crippen LogP contribution in [0, 0.1) is 11.6 Å². The minimum Gasteiger partial charge on any atom is -0.390 e. The van der Waals surface area contributed by atoms with E-state index in [0.717, 1.165) is 43.4 Å². The van der Waals surface area contributed by atoms with Gasteiger partial charge in [-0.2, -0.15) is 5.10 Å². The van der Waals surface area contributed by atoms with Crippen molar-refractivity contribution < 1.29 is 18.7 Å². The number of carbonyl (C=O) groups excluding carboxylic acids is 1. The topological polar surface area (TPSA) is 92.0 Å². The Bertz CT molecular complexity index is 1090. The molecule has 0 spiro atoms. The van der Waals surface area contributed by atoms with Gasteiger partial charge in [0, 0.05) is 17.2 Å². The fourth-order valence-electron chi connectivity index (χ4n) is 4.13. The fourth-order valence-corrected chi connectivity index (χ4v) is 4.13. The Kier molecular flexibility index (Phi) is 5.39. The van der Waals surface area contributed by atoms with Crippen LogP contribution >= 0.6 is 0 Å². The summed E-state index contributed by atoms with van der Waals surface area (Å²) < 4.78 is 27.5. The Morgan fingerprint density at radius 2 is 1.93 bits per heavy atom. The summed E-state index contributed by atoms with van der Waals surface area (Å²) >= 11 is 0. The quantitative estimate of drug-likeness (QED) is 0.524. The van der Waals surface area contributed by atoms with Gasteiger partial charge in [-0.3, -0.25) is 9.89 Å². The van der Waals surface area contributed by atoms with Gasteiger partial charge in [0.05, 0.1) is 11.2 Å². The lowest BCUT2D eigenvalue weighted by atomic mass is 9.92. The van der Waals surface area contributed by atoms with E-state index in [1.807, 2.05) is 6.07 Å². The number of carbonyl (C=O) groups is 1. The van der Waals surface area contributed by atoms with Gasteiger partial charge in [0.25, 0.3) is 0 Å². The summed E-state index contributed by atoms with van der Waals surface area (Å²) in [6.07, 6.45) is 4.99. The molecular formula is C23H23F2N3O2. The number of rotatable bonds is 6. The standard InChI is InChI=1S/C23H23F2N3O2/c24-16-6-7-17(18(25)13-16)20-19(22(26)28-27-20)21(29)15-5-3-4-14(12-15)8-11-23(30)9-1-2-10-23/h3-7,12-13,30H,1-2,8-11H2,(H3,26,27,28). The molecule has 1 fully saturated rings. The molecule has 0 bridgehead atoms. The minimum atomic E-state index is -0.825. The van der Waals surface area contributed by atoms with Crippen molar-refractivity contribution in [1.82, 2.24) is 10.2 Å². The molecule has 0 atom stereocenters. The lowest BCUT2D eigenvalue weighted by molar-refractivity contribution is 0.0391. The Labute approximate surface area is 172 Å². The molecule has 2 aromatic carbocycles. The average Bonchev–Trinajstić information content (AvgIpc) is 3.32. The van der Waals surface area contributed by atoms with E-state index >= 15 is 0 Å². The number of aromatic nitrogens is 2. The third-order valence-electron chi connectivity index (χ3n) is 5.81. The molecule has 30 heavy (non-hydrogen) atoms. The van der Waals surface area contributed by atoms with Crippen LogP contribution in [0.1, 0.15) is 53.6 Å². The largest absolute Gasteiger partial charge is 0.390 e. The molecule has 1 aromatic heterocycles. The second-order valence-electron chi connectivity index (χ2n) is 7.95. The van der Waals surface area contributed by atoms with Crippen LogP contribution in [0.3, 0.4) is 0 Å². The van der Waals surface area contributed by atoms with Gasteiger partial charge in [-0.05, 0) is 49.4 Å². The molecule has 0 aliphatic heterocycles. The van der Waals surface area contributed by atoms with E-state index in [9.17, 15) is 18.7 Å². The van der Waals surface area contributed by atoms with Gasteiger partial charge in [0.2, 0.25) is 0 Å². The van der Waals surface area contributed by atoms with Gasteiger partial charge in [-0.25, -0.2) is 8.78 Å². The minimum absolute atomic E-state index is 0.00712. The number of nitrogens with one attached hydrogen (secondary N) is 1. The number of benzene rings is 2. The number of nitrogens with two attached hydrogens (primary N) is 1. The molecule has 0 amide bonds. The average molecular weight is 411 g/mol. The lowest BCUT2D eigenvalue weighted by Gasteiger charge is -2.21. The smallest absolute Gasteiger partial charge is 0.199 e. The second-order valence-corrected chi connectivity index (χ2v) is 7.95. The third kappa shape index (κ3) is 3.98. The van der Waals surface area contributed by atoms with Crippen LogP contribution in [0.4, 0.5) is 14.6 Å². The molecule has 5 nitrogen and oxygen atoms in total. The van der Waals surface area contributed by atoms with E-state index in [4.69, 9.17) is 5.73 Å². The lowest BCUT2D eigenvalue weighted by Crippen LogP contribution is -2.24. The van der Waals surface area contributed by atoms with Crippen LogP contribution < -0.4 is 5.73 Å². The number of hydrogen-bond donors (Lipinski definition) is 3.